The van der Waals surface area contributed by atoms with Crippen LogP contribution in [0.4, 0.5) is 0 Å². The standard InChI is InChI=1S/C12H16BrNO/c1-8-6-4-5-7-11(8)10(3)14-12(15)9(2)13/h4-7,9-10H,1-3H3,(H,14,15)/t9?,10-/m0/s1. The number of rotatable bonds is 3. The summed E-state index contributed by atoms with van der Waals surface area (Å²) in [6.45, 7) is 5.87. The third kappa shape index (κ3) is 3.34. The topological polar surface area (TPSA) is 29.1 Å². The lowest BCUT2D eigenvalue weighted by Gasteiger charge is -2.17. The maximum atomic E-state index is 11.5. The van der Waals surface area contributed by atoms with Crippen LogP contribution >= 0.6 is 15.9 Å². The van der Waals surface area contributed by atoms with Gasteiger partial charge in [-0.05, 0) is 31.9 Å². The molecule has 0 bridgehead atoms. The molecule has 0 aromatic heterocycles. The Bertz CT molecular complexity index is 349. The number of carbonyl (C=O) groups excluding carboxylic acids is 1. The van der Waals surface area contributed by atoms with Crippen LogP contribution in [-0.4, -0.2) is 10.7 Å². The Balaban J connectivity index is 2.73. The quantitative estimate of drug-likeness (QED) is 0.840. The van der Waals surface area contributed by atoms with E-state index in [0.29, 0.717) is 0 Å². The molecule has 1 aromatic rings. The van der Waals surface area contributed by atoms with Gasteiger partial charge >= 0.3 is 0 Å². The van der Waals surface area contributed by atoms with E-state index in [4.69, 9.17) is 0 Å². The molecular weight excluding hydrogens is 254 g/mol. The van der Waals surface area contributed by atoms with Gasteiger partial charge in [0, 0.05) is 0 Å². The molecule has 82 valence electrons. The highest BCUT2D eigenvalue weighted by molar-refractivity contribution is 9.10. The van der Waals surface area contributed by atoms with Gasteiger partial charge in [0.1, 0.15) is 0 Å². The van der Waals surface area contributed by atoms with Gasteiger partial charge < -0.3 is 5.32 Å². The Labute approximate surface area is 99.2 Å². The second kappa shape index (κ2) is 5.31. The first-order chi connectivity index (χ1) is 7.02. The molecule has 15 heavy (non-hydrogen) atoms. The van der Waals surface area contributed by atoms with Gasteiger partial charge in [-0.1, -0.05) is 40.2 Å². The van der Waals surface area contributed by atoms with Crippen molar-refractivity contribution in [3.05, 3.63) is 35.4 Å². The van der Waals surface area contributed by atoms with Crippen molar-refractivity contribution in [3.8, 4) is 0 Å². The van der Waals surface area contributed by atoms with Crippen LogP contribution in [0, 0.1) is 6.92 Å². The predicted molar refractivity (Wildman–Crippen MR) is 66.1 cm³/mol. The van der Waals surface area contributed by atoms with E-state index in [1.54, 1.807) is 0 Å². The van der Waals surface area contributed by atoms with Crippen molar-refractivity contribution in [2.75, 3.05) is 0 Å². The zero-order valence-corrected chi connectivity index (χ0v) is 10.8. The average molecular weight is 270 g/mol. The number of aryl methyl sites for hydroxylation is 1. The van der Waals surface area contributed by atoms with E-state index in [9.17, 15) is 4.79 Å². The lowest BCUT2D eigenvalue weighted by Crippen LogP contribution is -2.32. The van der Waals surface area contributed by atoms with Gasteiger partial charge in [-0.25, -0.2) is 0 Å². The van der Waals surface area contributed by atoms with Crippen molar-refractivity contribution in [2.24, 2.45) is 0 Å². The number of hydrogen-bond acceptors (Lipinski definition) is 1. The minimum Gasteiger partial charge on any atom is -0.349 e. The maximum absolute atomic E-state index is 11.5. The van der Waals surface area contributed by atoms with Crippen molar-refractivity contribution in [1.29, 1.82) is 0 Å². The molecule has 0 aliphatic rings. The largest absolute Gasteiger partial charge is 0.349 e. The van der Waals surface area contributed by atoms with Crippen molar-refractivity contribution in [3.63, 3.8) is 0 Å². The minimum atomic E-state index is -0.149. The van der Waals surface area contributed by atoms with E-state index < -0.39 is 0 Å². The lowest BCUT2D eigenvalue weighted by molar-refractivity contribution is -0.120. The van der Waals surface area contributed by atoms with Gasteiger partial charge in [-0.15, -0.1) is 0 Å². The Morgan fingerprint density at radius 3 is 2.47 bits per heavy atom. The molecule has 1 aromatic carbocycles. The molecular formula is C12H16BrNO. The summed E-state index contributed by atoms with van der Waals surface area (Å²) in [7, 11) is 0. The normalized spacial score (nSPS) is 14.4. The summed E-state index contributed by atoms with van der Waals surface area (Å²) in [5.41, 5.74) is 2.37. The molecule has 2 nitrogen and oxygen atoms in total. The van der Waals surface area contributed by atoms with E-state index in [-0.39, 0.29) is 16.8 Å². The molecule has 0 saturated carbocycles. The van der Waals surface area contributed by atoms with Gasteiger partial charge in [0.05, 0.1) is 10.9 Å². The van der Waals surface area contributed by atoms with Gasteiger partial charge in [-0.2, -0.15) is 0 Å². The Morgan fingerprint density at radius 2 is 1.93 bits per heavy atom. The van der Waals surface area contributed by atoms with Gasteiger partial charge in [0.15, 0.2) is 0 Å². The Morgan fingerprint density at radius 1 is 1.33 bits per heavy atom. The first kappa shape index (κ1) is 12.2. The maximum Gasteiger partial charge on any atom is 0.233 e. The van der Waals surface area contributed by atoms with Crippen molar-refractivity contribution < 1.29 is 4.79 Å². The summed E-state index contributed by atoms with van der Waals surface area (Å²) < 4.78 is 0. The van der Waals surface area contributed by atoms with Crippen LogP contribution in [-0.2, 0) is 4.79 Å². The molecule has 2 atom stereocenters. The summed E-state index contributed by atoms with van der Waals surface area (Å²) in [5, 5.41) is 2.95. The zero-order valence-electron chi connectivity index (χ0n) is 9.25. The first-order valence-electron chi connectivity index (χ1n) is 5.02. The van der Waals surface area contributed by atoms with Crippen LogP contribution in [0.25, 0.3) is 0 Å². The van der Waals surface area contributed by atoms with Crippen LogP contribution < -0.4 is 5.32 Å². The fraction of sp³-hybridized carbons (Fsp3) is 0.417. The molecule has 1 rings (SSSR count). The molecule has 0 radical (unpaired) electrons. The smallest absolute Gasteiger partial charge is 0.233 e. The van der Waals surface area contributed by atoms with Gasteiger partial charge in [0.25, 0.3) is 0 Å². The third-order valence-corrected chi connectivity index (χ3v) is 2.79. The molecule has 0 aliphatic carbocycles. The van der Waals surface area contributed by atoms with E-state index in [1.807, 2.05) is 32.0 Å². The molecule has 0 saturated heterocycles. The molecule has 0 fully saturated rings. The summed E-state index contributed by atoms with van der Waals surface area (Å²) in [6.07, 6.45) is 0. The van der Waals surface area contributed by atoms with E-state index >= 15 is 0 Å². The van der Waals surface area contributed by atoms with Crippen LogP contribution in [0.5, 0.6) is 0 Å². The highest BCUT2D eigenvalue weighted by Gasteiger charge is 2.14. The summed E-state index contributed by atoms with van der Waals surface area (Å²) in [6, 6.07) is 8.14. The second-order valence-electron chi connectivity index (χ2n) is 3.70. The molecule has 3 heteroatoms. The van der Waals surface area contributed by atoms with Gasteiger partial charge in [-0.3, -0.25) is 4.79 Å². The number of hydrogen-bond donors (Lipinski definition) is 1. The summed E-state index contributed by atoms with van der Waals surface area (Å²) in [5.74, 6) is 0.0192. The summed E-state index contributed by atoms with van der Waals surface area (Å²) >= 11 is 3.25. The second-order valence-corrected chi connectivity index (χ2v) is 5.08. The first-order valence-corrected chi connectivity index (χ1v) is 5.94. The van der Waals surface area contributed by atoms with Crippen LogP contribution in [0.2, 0.25) is 0 Å². The van der Waals surface area contributed by atoms with Crippen molar-refractivity contribution >= 4 is 21.8 Å². The van der Waals surface area contributed by atoms with Gasteiger partial charge in [0.2, 0.25) is 5.91 Å². The van der Waals surface area contributed by atoms with Crippen LogP contribution in [0.15, 0.2) is 24.3 Å². The highest BCUT2D eigenvalue weighted by atomic mass is 79.9. The fourth-order valence-electron chi connectivity index (χ4n) is 1.48. The van der Waals surface area contributed by atoms with Crippen LogP contribution in [0.1, 0.15) is 31.0 Å². The third-order valence-electron chi connectivity index (χ3n) is 2.38. The minimum absolute atomic E-state index is 0.0192. The monoisotopic (exact) mass is 269 g/mol. The number of nitrogens with one attached hydrogen (secondary N) is 1. The van der Waals surface area contributed by atoms with Crippen molar-refractivity contribution in [2.45, 2.75) is 31.6 Å². The lowest BCUT2D eigenvalue weighted by atomic mass is 10.0. The number of amides is 1. The fourth-order valence-corrected chi connectivity index (χ4v) is 1.61. The zero-order chi connectivity index (χ0) is 11.4. The Hall–Kier alpha value is -0.830. The van der Waals surface area contributed by atoms with Crippen molar-refractivity contribution in [1.82, 2.24) is 5.32 Å². The number of halogens is 1. The molecule has 0 heterocycles. The molecule has 1 unspecified atom stereocenters. The molecule has 0 spiro atoms. The van der Waals surface area contributed by atoms with E-state index in [2.05, 4.69) is 34.2 Å². The number of benzene rings is 1. The number of alkyl halides is 1. The Kier molecular flexibility index (Phi) is 4.33. The molecule has 1 N–H and O–H groups in total. The van der Waals surface area contributed by atoms with E-state index in [0.717, 1.165) is 0 Å². The predicted octanol–water partition coefficient (Wildman–Crippen LogP) is 2.96. The SMILES string of the molecule is Cc1ccccc1[C@H](C)NC(=O)C(C)Br. The highest BCUT2D eigenvalue weighted by Crippen LogP contribution is 2.17. The molecule has 1 amide bonds. The van der Waals surface area contributed by atoms with Crippen LogP contribution in [0.3, 0.4) is 0 Å². The average Bonchev–Trinajstić information content (AvgIpc) is 2.18. The number of carbonyl (C=O) groups is 1. The molecule has 0 aliphatic heterocycles. The van der Waals surface area contributed by atoms with E-state index in [1.165, 1.54) is 11.1 Å². The summed E-state index contributed by atoms with van der Waals surface area (Å²) in [4.78, 5) is 11.3.